The van der Waals surface area contributed by atoms with E-state index >= 15 is 0 Å². The maximum absolute atomic E-state index is 12.9. The number of aryl methyl sites for hydroxylation is 2. The lowest BCUT2D eigenvalue weighted by Crippen LogP contribution is -2.10. The topological polar surface area (TPSA) is 124 Å². The Morgan fingerprint density at radius 1 is 1.09 bits per heavy atom. The molecule has 0 radical (unpaired) electrons. The molecule has 0 atom stereocenters. The van der Waals surface area contributed by atoms with Crippen molar-refractivity contribution < 1.29 is 13.2 Å². The van der Waals surface area contributed by atoms with Crippen molar-refractivity contribution in [2.45, 2.75) is 45.3 Å². The average Bonchev–Trinajstić information content (AvgIpc) is 3.37. The van der Waals surface area contributed by atoms with E-state index in [-0.39, 0.29) is 23.0 Å². The van der Waals surface area contributed by atoms with Gasteiger partial charge in [0.2, 0.25) is 5.82 Å². The molecule has 0 fully saturated rings. The van der Waals surface area contributed by atoms with E-state index < -0.39 is 12.0 Å². The summed E-state index contributed by atoms with van der Waals surface area (Å²) >= 11 is 0. The van der Waals surface area contributed by atoms with Gasteiger partial charge in [0, 0.05) is 35.8 Å². The highest BCUT2D eigenvalue weighted by Gasteiger charge is 2.34. The van der Waals surface area contributed by atoms with Crippen molar-refractivity contribution in [2.75, 3.05) is 5.73 Å². The number of nitrogens with two attached hydrogens (primary N) is 1. The first-order valence-electron chi connectivity index (χ1n) is 10.2. The number of nitrogens with zero attached hydrogens (tertiary/aromatic N) is 8. The average molecular weight is 455 g/mol. The minimum Gasteiger partial charge on any atom is -0.382 e. The Balaban J connectivity index is 1.72. The molecule has 0 bridgehead atoms. The van der Waals surface area contributed by atoms with Gasteiger partial charge in [0.15, 0.2) is 5.82 Å². The van der Waals surface area contributed by atoms with Crippen LogP contribution in [0.1, 0.15) is 49.0 Å². The Kier molecular flexibility index (Phi) is 5.71. The fourth-order valence-electron chi connectivity index (χ4n) is 3.66. The second-order valence-corrected chi connectivity index (χ2v) is 7.78. The standard InChI is InChI=1S/C21H20F3N9/c1-12(2)32-10-13(7-30-32)4-3-5-16-15(6-25)17(18-19(26)29-11-31-33(16)18)14-8-27-20(28-9-14)21(22,23)24/h7-12H,3-5H2,1-2H3,(H2,26,29,31). The fraction of sp³-hybridized carbons (Fsp3) is 0.333. The van der Waals surface area contributed by atoms with E-state index in [9.17, 15) is 18.4 Å². The van der Waals surface area contributed by atoms with Gasteiger partial charge in [0.1, 0.15) is 17.9 Å². The van der Waals surface area contributed by atoms with Crippen molar-refractivity contribution in [1.82, 2.24) is 34.3 Å². The Labute approximate surface area is 186 Å². The van der Waals surface area contributed by atoms with E-state index in [4.69, 9.17) is 5.73 Å². The molecule has 4 heterocycles. The van der Waals surface area contributed by atoms with Gasteiger partial charge >= 0.3 is 6.18 Å². The SMILES string of the molecule is CC(C)n1cc(CCCc2c(C#N)c(-c3cnc(C(F)(F)F)nc3)c3c(N)ncnn23)cn1. The summed E-state index contributed by atoms with van der Waals surface area (Å²) in [6.07, 6.45) is 4.36. The summed E-state index contributed by atoms with van der Waals surface area (Å²) in [7, 11) is 0. The van der Waals surface area contributed by atoms with Gasteiger partial charge in [-0.15, -0.1) is 0 Å². The summed E-state index contributed by atoms with van der Waals surface area (Å²) in [6.45, 7) is 4.08. The molecule has 2 N–H and O–H groups in total. The van der Waals surface area contributed by atoms with Crippen LogP contribution in [0.25, 0.3) is 16.6 Å². The van der Waals surface area contributed by atoms with Gasteiger partial charge in [-0.05, 0) is 38.7 Å². The number of aromatic nitrogens is 7. The molecule has 9 nitrogen and oxygen atoms in total. The number of nitrogen functional groups attached to an aromatic ring is 1. The number of halogens is 3. The molecule has 4 aromatic rings. The summed E-state index contributed by atoms with van der Waals surface area (Å²) in [5.74, 6) is -1.17. The number of rotatable bonds is 6. The third kappa shape index (κ3) is 4.21. The number of hydrogen-bond donors (Lipinski definition) is 1. The maximum Gasteiger partial charge on any atom is 0.451 e. The predicted octanol–water partition coefficient (Wildman–Crippen LogP) is 3.61. The summed E-state index contributed by atoms with van der Waals surface area (Å²) in [5, 5.41) is 18.5. The van der Waals surface area contributed by atoms with Gasteiger partial charge in [-0.1, -0.05) is 0 Å². The largest absolute Gasteiger partial charge is 0.451 e. The van der Waals surface area contributed by atoms with Gasteiger partial charge in [-0.2, -0.15) is 28.6 Å². The lowest BCUT2D eigenvalue weighted by Gasteiger charge is -2.06. The van der Waals surface area contributed by atoms with Crippen LogP contribution in [0.3, 0.4) is 0 Å². The molecular formula is C21H20F3N9. The first-order chi connectivity index (χ1) is 15.7. The molecule has 4 rings (SSSR count). The lowest BCUT2D eigenvalue weighted by atomic mass is 10.0. The molecule has 0 aliphatic carbocycles. The minimum absolute atomic E-state index is 0.0980. The van der Waals surface area contributed by atoms with E-state index in [1.165, 1.54) is 10.8 Å². The maximum atomic E-state index is 12.9. The predicted molar refractivity (Wildman–Crippen MR) is 113 cm³/mol. The molecule has 170 valence electrons. The molecule has 0 aliphatic heterocycles. The molecule has 0 amide bonds. The van der Waals surface area contributed by atoms with E-state index in [0.29, 0.717) is 29.6 Å². The number of fused-ring (bicyclic) bond motifs is 1. The summed E-state index contributed by atoms with van der Waals surface area (Å²) < 4.78 is 42.1. The van der Waals surface area contributed by atoms with Crippen LogP contribution in [0, 0.1) is 11.3 Å². The van der Waals surface area contributed by atoms with Crippen molar-refractivity contribution in [2.24, 2.45) is 0 Å². The zero-order chi connectivity index (χ0) is 23.8. The van der Waals surface area contributed by atoms with E-state index in [0.717, 1.165) is 24.4 Å². The van der Waals surface area contributed by atoms with Crippen LogP contribution in [0.2, 0.25) is 0 Å². The van der Waals surface area contributed by atoms with E-state index in [1.54, 1.807) is 0 Å². The summed E-state index contributed by atoms with van der Waals surface area (Å²) in [5.41, 5.74) is 8.85. The van der Waals surface area contributed by atoms with Crippen molar-refractivity contribution >= 4 is 11.3 Å². The molecule has 0 spiro atoms. The van der Waals surface area contributed by atoms with Gasteiger partial charge in [0.05, 0.1) is 17.5 Å². The molecule has 33 heavy (non-hydrogen) atoms. The van der Waals surface area contributed by atoms with E-state index in [2.05, 4.69) is 31.2 Å². The van der Waals surface area contributed by atoms with Crippen molar-refractivity contribution in [1.29, 1.82) is 5.26 Å². The zero-order valence-corrected chi connectivity index (χ0v) is 17.9. The van der Waals surface area contributed by atoms with Crippen LogP contribution < -0.4 is 5.73 Å². The molecule has 0 unspecified atom stereocenters. The molecule has 0 aromatic carbocycles. The van der Waals surface area contributed by atoms with Crippen LogP contribution in [0.15, 0.2) is 31.1 Å². The molecular weight excluding hydrogens is 435 g/mol. The van der Waals surface area contributed by atoms with Crippen LogP contribution in [0.5, 0.6) is 0 Å². The third-order valence-corrected chi connectivity index (χ3v) is 5.22. The van der Waals surface area contributed by atoms with Gasteiger partial charge in [0.25, 0.3) is 0 Å². The Bertz CT molecular complexity index is 1330. The van der Waals surface area contributed by atoms with Crippen LogP contribution >= 0.6 is 0 Å². The molecule has 0 aliphatic rings. The summed E-state index contributed by atoms with van der Waals surface area (Å²) in [6, 6.07) is 2.41. The summed E-state index contributed by atoms with van der Waals surface area (Å²) in [4.78, 5) is 10.8. The highest BCUT2D eigenvalue weighted by molar-refractivity contribution is 5.92. The van der Waals surface area contributed by atoms with E-state index in [1.807, 2.05) is 30.9 Å². The van der Waals surface area contributed by atoms with Gasteiger partial charge in [-0.25, -0.2) is 19.5 Å². The van der Waals surface area contributed by atoms with Gasteiger partial charge < -0.3 is 5.73 Å². The number of anilines is 1. The molecule has 0 saturated heterocycles. The molecule has 0 saturated carbocycles. The van der Waals surface area contributed by atoms with Crippen LogP contribution in [-0.4, -0.2) is 34.3 Å². The Morgan fingerprint density at radius 3 is 2.42 bits per heavy atom. The second-order valence-electron chi connectivity index (χ2n) is 7.78. The fourth-order valence-corrected chi connectivity index (χ4v) is 3.66. The quantitative estimate of drug-likeness (QED) is 0.471. The minimum atomic E-state index is -4.67. The smallest absolute Gasteiger partial charge is 0.382 e. The first-order valence-corrected chi connectivity index (χ1v) is 10.2. The van der Waals surface area contributed by atoms with Crippen LogP contribution in [-0.2, 0) is 19.0 Å². The van der Waals surface area contributed by atoms with Crippen LogP contribution in [0.4, 0.5) is 19.0 Å². The number of nitriles is 1. The van der Waals surface area contributed by atoms with Crippen molar-refractivity contribution in [3.05, 3.63) is 53.8 Å². The molecule has 4 aromatic heterocycles. The second kappa shape index (κ2) is 8.50. The molecule has 12 heteroatoms. The zero-order valence-electron chi connectivity index (χ0n) is 17.9. The monoisotopic (exact) mass is 455 g/mol. The van der Waals surface area contributed by atoms with Crippen molar-refractivity contribution in [3.63, 3.8) is 0 Å². The number of hydrogen-bond acceptors (Lipinski definition) is 7. The third-order valence-electron chi connectivity index (χ3n) is 5.22. The highest BCUT2D eigenvalue weighted by atomic mass is 19.4. The Hall–Kier alpha value is -4.01. The Morgan fingerprint density at radius 2 is 1.82 bits per heavy atom. The normalized spacial score (nSPS) is 11.9. The number of alkyl halides is 3. The highest BCUT2D eigenvalue weighted by Crippen LogP contribution is 2.35. The first kappa shape index (κ1) is 22.2. The van der Waals surface area contributed by atoms with Gasteiger partial charge in [-0.3, -0.25) is 4.68 Å². The van der Waals surface area contributed by atoms with Crippen molar-refractivity contribution in [3.8, 4) is 17.2 Å². The lowest BCUT2D eigenvalue weighted by molar-refractivity contribution is -0.144.